The molecule has 3 rings (SSSR count). The fourth-order valence-corrected chi connectivity index (χ4v) is 7.47. The zero-order valence-corrected chi connectivity index (χ0v) is 17.3. The van der Waals surface area contributed by atoms with Crippen LogP contribution in [0.25, 0.3) is 0 Å². The summed E-state index contributed by atoms with van der Waals surface area (Å²) in [6.07, 6.45) is -6.75. The maximum Gasteiger partial charge on any atom is 0.417 e. The van der Waals surface area contributed by atoms with Crippen molar-refractivity contribution in [1.29, 1.82) is 0 Å². The van der Waals surface area contributed by atoms with E-state index in [1.807, 2.05) is 0 Å². The number of hydrogen-bond donors (Lipinski definition) is 1. The van der Waals surface area contributed by atoms with Crippen LogP contribution >= 0.6 is 0 Å². The Morgan fingerprint density at radius 1 is 1.10 bits per heavy atom. The first-order chi connectivity index (χ1) is 13.8. The highest BCUT2D eigenvalue weighted by Gasteiger charge is 2.48. The second-order valence-corrected chi connectivity index (χ2v) is 12.1. The summed E-state index contributed by atoms with van der Waals surface area (Å²) in [6, 6.07) is 3.81. The van der Waals surface area contributed by atoms with Crippen LogP contribution in [0.4, 0.5) is 13.2 Å². The molecule has 1 aromatic carbocycles. The number of carboxylic acid groups (broad SMARTS) is 1. The fraction of sp³-hybridized carbons (Fsp3) is 0.611. The zero-order valence-electron chi connectivity index (χ0n) is 15.7. The average Bonchev–Trinajstić information content (AvgIpc) is 3.08. The molecule has 0 bridgehead atoms. The second kappa shape index (κ2) is 8.12. The van der Waals surface area contributed by atoms with Crippen molar-refractivity contribution in [3.05, 3.63) is 29.8 Å². The fourth-order valence-electron chi connectivity index (χ4n) is 4.00. The maximum atomic E-state index is 13.3. The minimum absolute atomic E-state index is 0.108. The van der Waals surface area contributed by atoms with E-state index in [4.69, 9.17) is 4.74 Å². The largest absolute Gasteiger partial charge is 0.481 e. The van der Waals surface area contributed by atoms with E-state index in [1.165, 1.54) is 6.07 Å². The quantitative estimate of drug-likeness (QED) is 0.702. The molecule has 2 fully saturated rings. The second-order valence-electron chi connectivity index (χ2n) is 7.60. The molecular weight excluding hydrogens is 449 g/mol. The molecule has 0 unspecified atom stereocenters. The van der Waals surface area contributed by atoms with Crippen molar-refractivity contribution in [3.63, 3.8) is 0 Å². The van der Waals surface area contributed by atoms with Crippen molar-refractivity contribution in [1.82, 2.24) is 0 Å². The number of ether oxygens (including phenoxy) is 1. The molecule has 1 N–H and O–H groups in total. The summed E-state index contributed by atoms with van der Waals surface area (Å²) in [4.78, 5) is 10.8. The lowest BCUT2D eigenvalue weighted by Gasteiger charge is -2.27. The van der Waals surface area contributed by atoms with E-state index < -0.39 is 65.7 Å². The van der Waals surface area contributed by atoms with Crippen molar-refractivity contribution in [3.8, 4) is 0 Å². The third-order valence-corrected chi connectivity index (χ3v) is 9.53. The van der Waals surface area contributed by atoms with Crippen LogP contribution in [0, 0.1) is 5.92 Å². The van der Waals surface area contributed by atoms with E-state index >= 15 is 0 Å². The maximum absolute atomic E-state index is 13.3. The van der Waals surface area contributed by atoms with Gasteiger partial charge in [0.2, 0.25) is 0 Å². The molecule has 1 aliphatic carbocycles. The first-order valence-corrected chi connectivity index (χ1v) is 12.7. The van der Waals surface area contributed by atoms with Crippen molar-refractivity contribution in [2.24, 2.45) is 5.92 Å². The van der Waals surface area contributed by atoms with Gasteiger partial charge >= 0.3 is 12.1 Å². The molecule has 12 heteroatoms. The number of carboxylic acids is 1. The van der Waals surface area contributed by atoms with Crippen molar-refractivity contribution in [2.45, 2.75) is 54.2 Å². The van der Waals surface area contributed by atoms with Gasteiger partial charge in [-0.3, -0.25) is 4.79 Å². The highest BCUT2D eigenvalue weighted by Crippen LogP contribution is 2.41. The summed E-state index contributed by atoms with van der Waals surface area (Å²) >= 11 is 0. The molecule has 1 aliphatic heterocycles. The topological polar surface area (TPSA) is 115 Å². The first kappa shape index (κ1) is 23.0. The summed E-state index contributed by atoms with van der Waals surface area (Å²) in [7, 11) is -7.64. The van der Waals surface area contributed by atoms with Crippen LogP contribution < -0.4 is 0 Å². The third kappa shape index (κ3) is 4.80. The Morgan fingerprint density at radius 3 is 2.27 bits per heavy atom. The lowest BCUT2D eigenvalue weighted by Crippen LogP contribution is -2.35. The number of sulfone groups is 2. The molecule has 7 nitrogen and oxygen atoms in total. The first-order valence-electron chi connectivity index (χ1n) is 9.30. The Kier molecular flexibility index (Phi) is 6.23. The number of benzene rings is 1. The Bertz CT molecular complexity index is 1000. The minimum Gasteiger partial charge on any atom is -0.481 e. The van der Waals surface area contributed by atoms with Gasteiger partial charge in [0.05, 0.1) is 45.3 Å². The van der Waals surface area contributed by atoms with E-state index in [2.05, 4.69) is 0 Å². The van der Waals surface area contributed by atoms with Gasteiger partial charge in [0.1, 0.15) is 0 Å². The van der Waals surface area contributed by atoms with E-state index in [1.54, 1.807) is 0 Å². The Balaban J connectivity index is 1.83. The predicted octanol–water partition coefficient (Wildman–Crippen LogP) is 2.30. The van der Waals surface area contributed by atoms with Gasteiger partial charge in [-0.1, -0.05) is 12.1 Å². The van der Waals surface area contributed by atoms with E-state index in [-0.39, 0.29) is 37.2 Å². The van der Waals surface area contributed by atoms with Crippen LogP contribution in [-0.2, 0) is 35.4 Å². The number of aliphatic carboxylic acids is 1. The summed E-state index contributed by atoms with van der Waals surface area (Å²) in [5.74, 6) is -2.72. The van der Waals surface area contributed by atoms with Crippen LogP contribution in [-0.4, -0.2) is 56.9 Å². The van der Waals surface area contributed by atoms with Crippen molar-refractivity contribution >= 4 is 25.6 Å². The van der Waals surface area contributed by atoms with Crippen LogP contribution in [0.2, 0.25) is 0 Å². The SMILES string of the molecule is O=C(O)[C@@H]1C[C@@H](S(=O)(=O)c2ccccc2C(F)(F)F)C[C@H]1OC1CCS(=O)(=O)CC1. The molecule has 0 amide bonds. The molecule has 1 heterocycles. The molecule has 0 aromatic heterocycles. The number of halogens is 3. The lowest BCUT2D eigenvalue weighted by molar-refractivity contribution is -0.148. The van der Waals surface area contributed by atoms with E-state index in [9.17, 15) is 39.9 Å². The smallest absolute Gasteiger partial charge is 0.417 e. The molecule has 30 heavy (non-hydrogen) atoms. The van der Waals surface area contributed by atoms with Crippen molar-refractivity contribution < 1.29 is 44.6 Å². The van der Waals surface area contributed by atoms with Crippen LogP contribution in [0.15, 0.2) is 29.2 Å². The van der Waals surface area contributed by atoms with Crippen LogP contribution in [0.3, 0.4) is 0 Å². The van der Waals surface area contributed by atoms with E-state index in [0.717, 1.165) is 12.1 Å². The average molecular weight is 470 g/mol. The van der Waals surface area contributed by atoms with Gasteiger partial charge in [0, 0.05) is 0 Å². The van der Waals surface area contributed by atoms with Crippen molar-refractivity contribution in [2.75, 3.05) is 11.5 Å². The van der Waals surface area contributed by atoms with Gasteiger partial charge in [0.15, 0.2) is 19.7 Å². The Hall–Kier alpha value is -1.66. The number of carbonyl (C=O) groups is 1. The van der Waals surface area contributed by atoms with Crippen LogP contribution in [0.5, 0.6) is 0 Å². The minimum atomic E-state index is -4.88. The molecule has 2 aliphatic rings. The van der Waals surface area contributed by atoms with Gasteiger partial charge in [-0.25, -0.2) is 16.8 Å². The molecule has 0 spiro atoms. The van der Waals surface area contributed by atoms with Gasteiger partial charge in [-0.2, -0.15) is 13.2 Å². The van der Waals surface area contributed by atoms with E-state index in [0.29, 0.717) is 6.07 Å². The summed E-state index contributed by atoms with van der Waals surface area (Å²) in [6.45, 7) is 0. The highest BCUT2D eigenvalue weighted by molar-refractivity contribution is 7.92. The molecule has 3 atom stereocenters. The Labute approximate surface area is 172 Å². The standard InChI is InChI=1S/C18H21F3O7S2/c19-18(20,21)14-3-1-2-4-16(14)30(26,27)12-9-13(17(22)23)15(10-12)28-11-5-7-29(24,25)8-6-11/h1-4,11-13,15H,5-10H2,(H,22,23)/t12-,13-,15-/m1/s1. The number of alkyl halides is 3. The van der Waals surface area contributed by atoms with Gasteiger partial charge in [0.25, 0.3) is 0 Å². The molecule has 1 saturated heterocycles. The van der Waals surface area contributed by atoms with Crippen LogP contribution in [0.1, 0.15) is 31.2 Å². The summed E-state index contributed by atoms with van der Waals surface area (Å²) in [5.41, 5.74) is -1.29. The monoisotopic (exact) mass is 470 g/mol. The Morgan fingerprint density at radius 2 is 1.70 bits per heavy atom. The third-order valence-electron chi connectivity index (χ3n) is 5.58. The lowest BCUT2D eigenvalue weighted by atomic mass is 10.1. The highest BCUT2D eigenvalue weighted by atomic mass is 32.2. The van der Waals surface area contributed by atoms with Gasteiger partial charge < -0.3 is 9.84 Å². The molecular formula is C18H21F3O7S2. The molecule has 1 aromatic rings. The van der Waals surface area contributed by atoms with Gasteiger partial charge in [-0.05, 0) is 37.8 Å². The molecule has 1 saturated carbocycles. The predicted molar refractivity (Wildman–Crippen MR) is 99.3 cm³/mol. The summed E-state index contributed by atoms with van der Waals surface area (Å²) in [5, 5.41) is 8.14. The van der Waals surface area contributed by atoms with Gasteiger partial charge in [-0.15, -0.1) is 0 Å². The zero-order chi connectivity index (χ0) is 22.3. The number of hydrogen-bond acceptors (Lipinski definition) is 6. The molecule has 168 valence electrons. The number of rotatable bonds is 5. The normalized spacial score (nSPS) is 27.8. The molecule has 0 radical (unpaired) electrons. The summed E-state index contributed by atoms with van der Waals surface area (Å²) < 4.78 is 94.6.